The van der Waals surface area contributed by atoms with Crippen LogP contribution >= 0.6 is 0 Å². The van der Waals surface area contributed by atoms with Crippen molar-refractivity contribution in [2.75, 3.05) is 12.4 Å². The standard InChI is InChI=1S/C25H21N3O3/c1-16-12-13-21-26-22(17-8-4-3-5-9-17)24(28(21)14-16)27-25(29)23-19(15-30-2)18-10-6-7-11-20(18)31-23/h3-14H,15H2,1-2H3,(H,27,29). The Morgan fingerprint density at radius 3 is 2.65 bits per heavy atom. The number of amides is 1. The summed E-state index contributed by atoms with van der Waals surface area (Å²) >= 11 is 0. The Bertz CT molecular complexity index is 1400. The molecule has 0 saturated carbocycles. The molecule has 0 radical (unpaired) electrons. The third kappa shape index (κ3) is 3.37. The van der Waals surface area contributed by atoms with Crippen molar-refractivity contribution < 1.29 is 13.9 Å². The van der Waals surface area contributed by atoms with E-state index in [1.807, 2.05) is 84.3 Å². The summed E-state index contributed by atoms with van der Waals surface area (Å²) in [4.78, 5) is 18.2. The molecule has 6 heteroatoms. The van der Waals surface area contributed by atoms with Crippen LogP contribution in [-0.4, -0.2) is 22.4 Å². The third-order valence-corrected chi connectivity index (χ3v) is 5.24. The minimum Gasteiger partial charge on any atom is -0.451 e. The van der Waals surface area contributed by atoms with E-state index in [1.54, 1.807) is 7.11 Å². The summed E-state index contributed by atoms with van der Waals surface area (Å²) in [5, 5.41) is 3.91. The van der Waals surface area contributed by atoms with Gasteiger partial charge in [0, 0.05) is 29.8 Å². The number of hydrogen-bond donors (Lipinski definition) is 1. The van der Waals surface area contributed by atoms with Crippen LogP contribution in [0.1, 0.15) is 21.7 Å². The Morgan fingerprint density at radius 1 is 1.06 bits per heavy atom. The van der Waals surface area contributed by atoms with E-state index >= 15 is 0 Å². The molecule has 0 aliphatic rings. The maximum atomic E-state index is 13.4. The van der Waals surface area contributed by atoms with Crippen LogP contribution in [-0.2, 0) is 11.3 Å². The van der Waals surface area contributed by atoms with Crippen LogP contribution in [0.15, 0.2) is 77.3 Å². The molecule has 154 valence electrons. The first-order chi connectivity index (χ1) is 15.2. The lowest BCUT2D eigenvalue weighted by molar-refractivity contribution is 0.0991. The van der Waals surface area contributed by atoms with Gasteiger partial charge in [0.15, 0.2) is 5.76 Å². The highest BCUT2D eigenvalue weighted by Gasteiger charge is 2.23. The zero-order chi connectivity index (χ0) is 21.4. The molecular formula is C25H21N3O3. The zero-order valence-corrected chi connectivity index (χ0v) is 17.3. The van der Waals surface area contributed by atoms with Crippen molar-refractivity contribution in [2.24, 2.45) is 0 Å². The van der Waals surface area contributed by atoms with Crippen molar-refractivity contribution in [2.45, 2.75) is 13.5 Å². The first kappa shape index (κ1) is 19.1. The minimum absolute atomic E-state index is 0.240. The van der Waals surface area contributed by atoms with E-state index in [-0.39, 0.29) is 18.3 Å². The number of hydrogen-bond acceptors (Lipinski definition) is 4. The van der Waals surface area contributed by atoms with Crippen LogP contribution in [0.25, 0.3) is 27.9 Å². The van der Waals surface area contributed by atoms with Crippen molar-refractivity contribution >= 4 is 28.3 Å². The number of nitrogens with one attached hydrogen (secondary N) is 1. The number of carbonyl (C=O) groups excluding carboxylic acids is 1. The number of fused-ring (bicyclic) bond motifs is 2. The van der Waals surface area contributed by atoms with Crippen LogP contribution in [0.3, 0.4) is 0 Å². The van der Waals surface area contributed by atoms with Gasteiger partial charge in [0.1, 0.15) is 22.7 Å². The molecule has 6 nitrogen and oxygen atoms in total. The molecule has 5 rings (SSSR count). The van der Waals surface area contributed by atoms with Gasteiger partial charge in [0.25, 0.3) is 5.91 Å². The van der Waals surface area contributed by atoms with Gasteiger partial charge in [-0.3, -0.25) is 9.20 Å². The molecule has 0 aliphatic heterocycles. The summed E-state index contributed by atoms with van der Waals surface area (Å²) in [6, 6.07) is 21.3. The number of methoxy groups -OCH3 is 1. The van der Waals surface area contributed by atoms with E-state index in [4.69, 9.17) is 14.1 Å². The highest BCUT2D eigenvalue weighted by molar-refractivity contribution is 6.07. The van der Waals surface area contributed by atoms with E-state index in [1.165, 1.54) is 0 Å². The SMILES string of the molecule is COCc1c(C(=O)Nc2c(-c3ccccc3)nc3ccc(C)cn23)oc2ccccc12. The quantitative estimate of drug-likeness (QED) is 0.417. The van der Waals surface area contributed by atoms with Gasteiger partial charge in [-0.25, -0.2) is 4.98 Å². The molecule has 0 unspecified atom stereocenters. The molecular weight excluding hydrogens is 390 g/mol. The number of anilines is 1. The fraction of sp³-hybridized carbons (Fsp3) is 0.120. The monoisotopic (exact) mass is 411 g/mol. The normalized spacial score (nSPS) is 11.3. The average Bonchev–Trinajstić information content (AvgIpc) is 3.33. The topological polar surface area (TPSA) is 68.8 Å². The summed E-state index contributed by atoms with van der Waals surface area (Å²) in [5.74, 6) is 0.493. The lowest BCUT2D eigenvalue weighted by Gasteiger charge is -2.08. The largest absolute Gasteiger partial charge is 0.451 e. The Hall–Kier alpha value is -3.90. The number of benzene rings is 2. The summed E-state index contributed by atoms with van der Waals surface area (Å²) in [6.45, 7) is 2.28. The molecule has 3 heterocycles. The number of aryl methyl sites for hydroxylation is 1. The number of nitrogens with zero attached hydrogens (tertiary/aromatic N) is 2. The van der Waals surface area contributed by atoms with Gasteiger partial charge >= 0.3 is 0 Å². The van der Waals surface area contributed by atoms with Gasteiger partial charge in [0.05, 0.1) is 6.61 Å². The Labute approximate surface area is 179 Å². The van der Waals surface area contributed by atoms with Crippen molar-refractivity contribution in [3.63, 3.8) is 0 Å². The predicted molar refractivity (Wildman–Crippen MR) is 120 cm³/mol. The van der Waals surface area contributed by atoms with E-state index in [0.717, 1.165) is 27.7 Å². The van der Waals surface area contributed by atoms with Gasteiger partial charge in [-0.1, -0.05) is 54.6 Å². The van der Waals surface area contributed by atoms with Gasteiger partial charge < -0.3 is 14.5 Å². The van der Waals surface area contributed by atoms with Crippen molar-refractivity contribution in [1.82, 2.24) is 9.38 Å². The molecule has 1 N–H and O–H groups in total. The maximum Gasteiger partial charge on any atom is 0.292 e. The molecule has 2 aromatic carbocycles. The van der Waals surface area contributed by atoms with Crippen molar-refractivity contribution in [3.8, 4) is 11.3 Å². The number of pyridine rings is 1. The Balaban J connectivity index is 1.64. The highest BCUT2D eigenvalue weighted by atomic mass is 16.5. The number of para-hydroxylation sites is 1. The second-order valence-electron chi connectivity index (χ2n) is 7.40. The molecule has 0 bridgehead atoms. The number of furan rings is 1. The first-order valence-corrected chi connectivity index (χ1v) is 10.0. The molecule has 5 aromatic rings. The number of rotatable bonds is 5. The van der Waals surface area contributed by atoms with Crippen molar-refractivity contribution in [1.29, 1.82) is 0 Å². The van der Waals surface area contributed by atoms with Gasteiger partial charge in [-0.2, -0.15) is 0 Å². The number of carbonyl (C=O) groups is 1. The average molecular weight is 411 g/mol. The van der Waals surface area contributed by atoms with E-state index < -0.39 is 0 Å². The highest BCUT2D eigenvalue weighted by Crippen LogP contribution is 2.31. The molecule has 0 spiro atoms. The third-order valence-electron chi connectivity index (χ3n) is 5.24. The molecule has 31 heavy (non-hydrogen) atoms. The number of aromatic nitrogens is 2. The van der Waals surface area contributed by atoms with Crippen LogP contribution < -0.4 is 5.32 Å². The first-order valence-electron chi connectivity index (χ1n) is 10.0. The number of imidazole rings is 1. The lowest BCUT2D eigenvalue weighted by Crippen LogP contribution is -2.15. The fourth-order valence-corrected chi connectivity index (χ4v) is 3.80. The van der Waals surface area contributed by atoms with Gasteiger partial charge in [-0.05, 0) is 24.6 Å². The fourth-order valence-electron chi connectivity index (χ4n) is 3.80. The van der Waals surface area contributed by atoms with Crippen molar-refractivity contribution in [3.05, 3.63) is 89.8 Å². The van der Waals surface area contributed by atoms with Crippen LogP contribution in [0.4, 0.5) is 5.82 Å². The smallest absolute Gasteiger partial charge is 0.292 e. The Kier molecular flexibility index (Phi) is 4.76. The molecule has 0 saturated heterocycles. The molecule has 0 atom stereocenters. The summed E-state index contributed by atoms with van der Waals surface area (Å²) < 4.78 is 13.2. The van der Waals surface area contributed by atoms with Gasteiger partial charge in [-0.15, -0.1) is 0 Å². The van der Waals surface area contributed by atoms with E-state index in [9.17, 15) is 4.79 Å². The van der Waals surface area contributed by atoms with E-state index in [2.05, 4.69) is 5.32 Å². The summed E-state index contributed by atoms with van der Waals surface area (Å²) in [7, 11) is 1.60. The molecule has 0 fully saturated rings. The van der Waals surface area contributed by atoms with Crippen LogP contribution in [0.5, 0.6) is 0 Å². The van der Waals surface area contributed by atoms with E-state index in [0.29, 0.717) is 17.1 Å². The second kappa shape index (κ2) is 7.74. The Morgan fingerprint density at radius 2 is 1.84 bits per heavy atom. The predicted octanol–water partition coefficient (Wildman–Crippen LogP) is 5.45. The molecule has 1 amide bonds. The maximum absolute atomic E-state index is 13.4. The zero-order valence-electron chi connectivity index (χ0n) is 17.3. The van der Waals surface area contributed by atoms with Crippen LogP contribution in [0.2, 0.25) is 0 Å². The molecule has 3 aromatic heterocycles. The summed E-state index contributed by atoms with van der Waals surface area (Å²) in [5.41, 5.74) is 4.80. The minimum atomic E-state index is -0.344. The molecule has 0 aliphatic carbocycles. The summed E-state index contributed by atoms with van der Waals surface area (Å²) in [6.07, 6.45) is 1.96. The van der Waals surface area contributed by atoms with Crippen LogP contribution in [0, 0.1) is 6.92 Å². The van der Waals surface area contributed by atoms with Gasteiger partial charge in [0.2, 0.25) is 0 Å². The second-order valence-corrected chi connectivity index (χ2v) is 7.40. The number of ether oxygens (including phenoxy) is 1. The lowest BCUT2D eigenvalue weighted by atomic mass is 10.1.